The van der Waals surface area contributed by atoms with Crippen LogP contribution in [0.3, 0.4) is 0 Å². The van der Waals surface area contributed by atoms with Crippen LogP contribution in [0, 0.1) is 0 Å². The number of ether oxygens (including phenoxy) is 2. The quantitative estimate of drug-likeness (QED) is 0.116. The molecule has 0 saturated carbocycles. The summed E-state index contributed by atoms with van der Waals surface area (Å²) in [6.07, 6.45) is 0.359. The Bertz CT molecular complexity index is 2120. The molecule has 0 bridgehead atoms. The van der Waals surface area contributed by atoms with E-state index in [1.807, 2.05) is 127 Å². The number of hydrogen-bond donors (Lipinski definition) is 3. The Labute approximate surface area is 321 Å². The van der Waals surface area contributed by atoms with Gasteiger partial charge in [-0.25, -0.2) is 4.79 Å². The Balaban J connectivity index is 1.11. The number of aryl methyl sites for hydroxylation is 1. The van der Waals surface area contributed by atoms with Gasteiger partial charge in [0, 0.05) is 29.8 Å². The summed E-state index contributed by atoms with van der Waals surface area (Å²) in [5.41, 5.74) is 5.81. The molecule has 6 rings (SSSR count). The van der Waals surface area contributed by atoms with Crippen molar-refractivity contribution >= 4 is 29.5 Å². The molecule has 282 valence electrons. The summed E-state index contributed by atoms with van der Waals surface area (Å²) < 4.78 is 10.6. The summed E-state index contributed by atoms with van der Waals surface area (Å²) in [6, 6.07) is 39.2. The monoisotopic (exact) mass is 738 g/mol. The van der Waals surface area contributed by atoms with Crippen LogP contribution in [0.5, 0.6) is 5.75 Å². The molecule has 5 aromatic carbocycles. The van der Waals surface area contributed by atoms with E-state index in [0.717, 1.165) is 44.8 Å². The summed E-state index contributed by atoms with van der Waals surface area (Å²) in [7, 11) is 1.62. The lowest BCUT2D eigenvalue weighted by Crippen LogP contribution is -2.51. The van der Waals surface area contributed by atoms with Crippen molar-refractivity contribution in [3.05, 3.63) is 155 Å². The van der Waals surface area contributed by atoms with E-state index in [0.29, 0.717) is 24.9 Å². The first-order chi connectivity index (χ1) is 26.6. The molecule has 1 atom stereocenters. The summed E-state index contributed by atoms with van der Waals surface area (Å²) in [5.74, 6) is 0.00449. The number of nitrogens with zero attached hydrogens (tertiary/aromatic N) is 1. The number of hydrogen-bond acceptors (Lipinski definition) is 6. The number of para-hydroxylation sites is 1. The zero-order valence-corrected chi connectivity index (χ0v) is 31.3. The van der Waals surface area contributed by atoms with Crippen LogP contribution < -0.4 is 25.6 Å². The predicted molar refractivity (Wildman–Crippen MR) is 212 cm³/mol. The topological polar surface area (TPSA) is 126 Å². The van der Waals surface area contributed by atoms with Gasteiger partial charge in [0.1, 0.15) is 18.4 Å². The standard InChI is InChI=1S/C45H46N4O6/c1-45(2,48-44(53)55-30-33-11-5-4-6-12-33)27-41(50)47-39-26-23-35-13-7-10-16-40(35)49(43(39)52)29-32-17-21-34(22-18-32)37-14-8-9-15-38(37)42(51)46-28-31-19-24-36(54-3)25-20-31/h4-22,24-25,39H,23,26-30H2,1-3H3,(H,46,51)(H,47,50)(H,48,53)/t39-/m1/s1. The molecule has 3 N–H and O–H groups in total. The third kappa shape index (κ3) is 10.2. The summed E-state index contributed by atoms with van der Waals surface area (Å²) >= 11 is 0. The Kier molecular flexibility index (Phi) is 12.3. The fraction of sp³-hybridized carbons (Fsp3) is 0.244. The van der Waals surface area contributed by atoms with E-state index in [-0.39, 0.29) is 37.3 Å². The third-order valence-corrected chi connectivity index (χ3v) is 9.53. The maximum Gasteiger partial charge on any atom is 0.407 e. The molecule has 0 saturated heterocycles. The van der Waals surface area contributed by atoms with Gasteiger partial charge in [0.15, 0.2) is 0 Å². The number of alkyl carbamates (subject to hydrolysis) is 1. The van der Waals surface area contributed by atoms with E-state index in [1.54, 1.807) is 25.9 Å². The third-order valence-electron chi connectivity index (χ3n) is 9.53. The van der Waals surface area contributed by atoms with Crippen molar-refractivity contribution in [2.24, 2.45) is 0 Å². The highest BCUT2D eigenvalue weighted by molar-refractivity contribution is 6.01. The minimum atomic E-state index is -0.925. The molecule has 0 aromatic heterocycles. The van der Waals surface area contributed by atoms with Gasteiger partial charge in [0.2, 0.25) is 11.8 Å². The van der Waals surface area contributed by atoms with Gasteiger partial charge < -0.3 is 30.3 Å². The maximum atomic E-state index is 14.2. The van der Waals surface area contributed by atoms with E-state index in [9.17, 15) is 19.2 Å². The zero-order chi connectivity index (χ0) is 38.8. The van der Waals surface area contributed by atoms with Gasteiger partial charge in [0.05, 0.1) is 13.7 Å². The van der Waals surface area contributed by atoms with Gasteiger partial charge in [-0.2, -0.15) is 0 Å². The molecule has 10 heteroatoms. The second-order valence-electron chi connectivity index (χ2n) is 14.2. The van der Waals surface area contributed by atoms with Crippen LogP contribution in [0.25, 0.3) is 11.1 Å². The number of methoxy groups -OCH3 is 1. The average Bonchev–Trinajstić information content (AvgIpc) is 3.32. The number of fused-ring (bicyclic) bond motifs is 1. The van der Waals surface area contributed by atoms with Gasteiger partial charge in [-0.05, 0) is 84.3 Å². The average molecular weight is 739 g/mol. The Morgan fingerprint density at radius 3 is 2.20 bits per heavy atom. The largest absolute Gasteiger partial charge is 0.497 e. The maximum absolute atomic E-state index is 14.2. The van der Waals surface area contributed by atoms with Gasteiger partial charge in [-0.1, -0.05) is 103 Å². The predicted octanol–water partition coefficient (Wildman–Crippen LogP) is 7.35. The highest BCUT2D eigenvalue weighted by Crippen LogP contribution is 2.30. The van der Waals surface area contributed by atoms with E-state index < -0.39 is 17.7 Å². The molecule has 4 amide bonds. The highest BCUT2D eigenvalue weighted by Gasteiger charge is 2.33. The highest BCUT2D eigenvalue weighted by atomic mass is 16.5. The van der Waals surface area contributed by atoms with Crippen LogP contribution in [0.4, 0.5) is 10.5 Å². The van der Waals surface area contributed by atoms with E-state index in [1.165, 1.54) is 0 Å². The molecule has 10 nitrogen and oxygen atoms in total. The van der Waals surface area contributed by atoms with E-state index in [2.05, 4.69) is 16.0 Å². The number of carbonyl (C=O) groups is 4. The Morgan fingerprint density at radius 1 is 0.782 bits per heavy atom. The fourth-order valence-corrected chi connectivity index (χ4v) is 6.67. The molecule has 1 aliphatic rings. The lowest BCUT2D eigenvalue weighted by atomic mass is 9.98. The van der Waals surface area contributed by atoms with E-state index >= 15 is 0 Å². The smallest absolute Gasteiger partial charge is 0.407 e. The molecule has 1 heterocycles. The Hall–Kier alpha value is -6.42. The van der Waals surface area contributed by atoms with E-state index in [4.69, 9.17) is 9.47 Å². The molecule has 0 unspecified atom stereocenters. The fourth-order valence-electron chi connectivity index (χ4n) is 6.67. The van der Waals surface area contributed by atoms with Crippen LogP contribution in [0.1, 0.15) is 59.3 Å². The van der Waals surface area contributed by atoms with Crippen molar-refractivity contribution in [1.29, 1.82) is 0 Å². The van der Waals surface area contributed by atoms with Crippen molar-refractivity contribution < 1.29 is 28.7 Å². The molecule has 0 spiro atoms. The van der Waals surface area contributed by atoms with Crippen molar-refractivity contribution in [1.82, 2.24) is 16.0 Å². The molecular formula is C45H46N4O6. The molecule has 0 radical (unpaired) electrons. The molecule has 55 heavy (non-hydrogen) atoms. The number of anilines is 1. The summed E-state index contributed by atoms with van der Waals surface area (Å²) in [6.45, 7) is 4.25. The molecule has 0 fully saturated rings. The second-order valence-corrected chi connectivity index (χ2v) is 14.2. The van der Waals surface area contributed by atoms with Gasteiger partial charge in [0.25, 0.3) is 5.91 Å². The normalized spacial score (nSPS) is 13.9. The number of amides is 4. The summed E-state index contributed by atoms with van der Waals surface area (Å²) in [4.78, 5) is 55.1. The number of rotatable bonds is 13. The van der Waals surface area contributed by atoms with Gasteiger partial charge in [-0.3, -0.25) is 14.4 Å². The van der Waals surface area contributed by atoms with Gasteiger partial charge in [-0.15, -0.1) is 0 Å². The Morgan fingerprint density at radius 2 is 1.45 bits per heavy atom. The summed E-state index contributed by atoms with van der Waals surface area (Å²) in [5, 5.41) is 8.75. The van der Waals surface area contributed by atoms with Crippen LogP contribution in [-0.4, -0.2) is 42.5 Å². The zero-order valence-electron chi connectivity index (χ0n) is 31.3. The van der Waals surface area contributed by atoms with Crippen molar-refractivity contribution in [3.8, 4) is 16.9 Å². The lowest BCUT2D eigenvalue weighted by Gasteiger charge is -2.28. The lowest BCUT2D eigenvalue weighted by molar-refractivity contribution is -0.128. The van der Waals surface area contributed by atoms with Crippen LogP contribution in [0.2, 0.25) is 0 Å². The number of nitrogens with one attached hydrogen (secondary N) is 3. The van der Waals surface area contributed by atoms with Gasteiger partial charge >= 0.3 is 6.09 Å². The van der Waals surface area contributed by atoms with Crippen LogP contribution >= 0.6 is 0 Å². The number of carbonyl (C=O) groups excluding carboxylic acids is 4. The minimum absolute atomic E-state index is 0.0490. The molecule has 0 aliphatic carbocycles. The van der Waals surface area contributed by atoms with Crippen LogP contribution in [0.15, 0.2) is 127 Å². The minimum Gasteiger partial charge on any atom is -0.497 e. The molecule has 1 aliphatic heterocycles. The first-order valence-electron chi connectivity index (χ1n) is 18.4. The second kappa shape index (κ2) is 17.6. The van der Waals surface area contributed by atoms with Crippen molar-refractivity contribution in [2.45, 2.75) is 64.4 Å². The first-order valence-corrected chi connectivity index (χ1v) is 18.4. The first kappa shape index (κ1) is 38.3. The molecule has 5 aromatic rings. The van der Waals surface area contributed by atoms with Crippen molar-refractivity contribution in [3.63, 3.8) is 0 Å². The SMILES string of the molecule is COc1ccc(CNC(=O)c2ccccc2-c2ccc(CN3C(=O)[C@H](NC(=O)CC(C)(C)NC(=O)OCc4ccccc4)CCc4ccccc43)cc2)cc1. The van der Waals surface area contributed by atoms with Crippen LogP contribution in [-0.2, 0) is 40.4 Å². The van der Waals surface area contributed by atoms with Crippen molar-refractivity contribution in [2.75, 3.05) is 12.0 Å². The molecular weight excluding hydrogens is 693 g/mol. The number of benzene rings is 5.